The number of piperidine rings is 1. The second kappa shape index (κ2) is 8.43. The first-order chi connectivity index (χ1) is 15.6. The van der Waals surface area contributed by atoms with Crippen LogP contribution in [0.2, 0.25) is 0 Å². The molecule has 3 aromatic rings. The van der Waals surface area contributed by atoms with Gasteiger partial charge >= 0.3 is 0 Å². The Labute approximate surface area is 187 Å². The molecule has 0 radical (unpaired) electrons. The molecule has 0 bridgehead atoms. The van der Waals surface area contributed by atoms with Gasteiger partial charge in [0.1, 0.15) is 18.4 Å². The average molecular weight is 425 g/mol. The molecular formula is C26H24N4O2. The molecule has 160 valence electrons. The summed E-state index contributed by atoms with van der Waals surface area (Å²) in [6, 6.07) is 19.3. The molecule has 32 heavy (non-hydrogen) atoms. The minimum atomic E-state index is -0.0423. The lowest BCUT2D eigenvalue weighted by Crippen LogP contribution is -2.48. The highest BCUT2D eigenvalue weighted by atomic mass is 16.5. The lowest BCUT2D eigenvalue weighted by atomic mass is 9.99. The van der Waals surface area contributed by atoms with Crippen LogP contribution in [0.3, 0.4) is 0 Å². The number of amides is 1. The predicted molar refractivity (Wildman–Crippen MR) is 120 cm³/mol. The van der Waals surface area contributed by atoms with E-state index in [4.69, 9.17) is 10.00 Å². The Morgan fingerprint density at radius 2 is 1.97 bits per heavy atom. The molecule has 1 aromatic carbocycles. The molecule has 6 nitrogen and oxygen atoms in total. The number of aryl methyl sites for hydroxylation is 1. The van der Waals surface area contributed by atoms with Crippen molar-refractivity contribution in [3.8, 4) is 23.1 Å². The Kier molecular flexibility index (Phi) is 5.32. The summed E-state index contributed by atoms with van der Waals surface area (Å²) in [5.74, 6) is 1.67. The second-order valence-electron chi connectivity index (χ2n) is 8.63. The Balaban J connectivity index is 1.40. The van der Waals surface area contributed by atoms with E-state index in [2.05, 4.69) is 16.0 Å². The van der Waals surface area contributed by atoms with E-state index in [0.717, 1.165) is 29.8 Å². The summed E-state index contributed by atoms with van der Waals surface area (Å²) in [7, 11) is 0. The molecule has 1 aliphatic heterocycles. The van der Waals surface area contributed by atoms with E-state index in [1.54, 1.807) is 12.1 Å². The van der Waals surface area contributed by atoms with Gasteiger partial charge in [0.2, 0.25) is 5.88 Å². The SMILES string of the molecule is Cc1ccc(-c2ccccc2)c(C(=O)N2C[C@@H]3CC3C[C@H]2COc2ccc(C#N)cn2)n1. The summed E-state index contributed by atoms with van der Waals surface area (Å²) in [5.41, 5.74) is 3.65. The van der Waals surface area contributed by atoms with Gasteiger partial charge in [-0.25, -0.2) is 9.97 Å². The van der Waals surface area contributed by atoms with E-state index in [9.17, 15) is 4.79 Å². The molecule has 0 N–H and O–H groups in total. The molecule has 1 saturated heterocycles. The monoisotopic (exact) mass is 424 g/mol. The summed E-state index contributed by atoms with van der Waals surface area (Å²) in [6.45, 7) is 3.03. The van der Waals surface area contributed by atoms with E-state index in [1.165, 1.54) is 12.6 Å². The number of rotatable bonds is 5. The molecular weight excluding hydrogens is 400 g/mol. The van der Waals surface area contributed by atoms with Gasteiger partial charge in [-0.15, -0.1) is 0 Å². The summed E-state index contributed by atoms with van der Waals surface area (Å²) in [6.07, 6.45) is 3.60. The van der Waals surface area contributed by atoms with Crippen molar-refractivity contribution in [3.05, 3.63) is 77.7 Å². The maximum absolute atomic E-state index is 13.8. The van der Waals surface area contributed by atoms with Gasteiger partial charge in [-0.1, -0.05) is 36.4 Å². The highest BCUT2D eigenvalue weighted by Gasteiger charge is 2.47. The van der Waals surface area contributed by atoms with Gasteiger partial charge in [0.15, 0.2) is 0 Å². The van der Waals surface area contributed by atoms with Crippen LogP contribution in [0.4, 0.5) is 0 Å². The van der Waals surface area contributed by atoms with Crippen LogP contribution in [0.25, 0.3) is 11.1 Å². The maximum atomic E-state index is 13.8. The smallest absolute Gasteiger partial charge is 0.273 e. The van der Waals surface area contributed by atoms with Gasteiger partial charge in [0.25, 0.3) is 5.91 Å². The molecule has 2 aromatic heterocycles. The van der Waals surface area contributed by atoms with E-state index in [1.807, 2.05) is 54.3 Å². The zero-order valence-corrected chi connectivity index (χ0v) is 17.9. The molecule has 1 aliphatic carbocycles. The first-order valence-electron chi connectivity index (χ1n) is 11.0. The highest BCUT2D eigenvalue weighted by molar-refractivity contribution is 5.99. The lowest BCUT2D eigenvalue weighted by molar-refractivity contribution is 0.0503. The number of ether oxygens (including phenoxy) is 1. The number of benzene rings is 1. The Hall–Kier alpha value is -3.72. The van der Waals surface area contributed by atoms with Crippen LogP contribution in [0, 0.1) is 30.1 Å². The van der Waals surface area contributed by atoms with Crippen LogP contribution in [0.1, 0.15) is 34.6 Å². The number of aromatic nitrogens is 2. The van der Waals surface area contributed by atoms with Crippen molar-refractivity contribution in [2.45, 2.75) is 25.8 Å². The number of fused-ring (bicyclic) bond motifs is 1. The van der Waals surface area contributed by atoms with Crippen LogP contribution < -0.4 is 4.74 Å². The zero-order valence-electron chi connectivity index (χ0n) is 17.9. The molecule has 5 rings (SSSR count). The van der Waals surface area contributed by atoms with E-state index in [0.29, 0.717) is 35.6 Å². The molecule has 1 amide bonds. The Morgan fingerprint density at radius 1 is 1.12 bits per heavy atom. The second-order valence-corrected chi connectivity index (χ2v) is 8.63. The topological polar surface area (TPSA) is 79.1 Å². The van der Waals surface area contributed by atoms with E-state index >= 15 is 0 Å². The van der Waals surface area contributed by atoms with Crippen LogP contribution in [0.5, 0.6) is 5.88 Å². The van der Waals surface area contributed by atoms with Crippen molar-refractivity contribution in [1.82, 2.24) is 14.9 Å². The Morgan fingerprint density at radius 3 is 2.72 bits per heavy atom. The number of nitriles is 1. The molecule has 1 saturated carbocycles. The number of hydrogen-bond donors (Lipinski definition) is 0. The quantitative estimate of drug-likeness (QED) is 0.612. The minimum Gasteiger partial charge on any atom is -0.475 e. The fourth-order valence-corrected chi connectivity index (χ4v) is 4.53. The fraction of sp³-hybridized carbons (Fsp3) is 0.308. The van der Waals surface area contributed by atoms with Gasteiger partial charge in [0.05, 0.1) is 11.6 Å². The zero-order chi connectivity index (χ0) is 22.1. The van der Waals surface area contributed by atoms with Crippen LogP contribution in [0.15, 0.2) is 60.8 Å². The van der Waals surface area contributed by atoms with Crippen molar-refractivity contribution >= 4 is 5.91 Å². The fourth-order valence-electron chi connectivity index (χ4n) is 4.53. The molecule has 1 unspecified atom stereocenters. The third kappa shape index (κ3) is 4.06. The number of hydrogen-bond acceptors (Lipinski definition) is 5. The molecule has 2 aliphatic rings. The molecule has 3 atom stereocenters. The number of nitrogens with zero attached hydrogens (tertiary/aromatic N) is 4. The first-order valence-corrected chi connectivity index (χ1v) is 11.0. The lowest BCUT2D eigenvalue weighted by Gasteiger charge is -2.35. The summed E-state index contributed by atoms with van der Waals surface area (Å²) in [5, 5.41) is 8.94. The van der Waals surface area contributed by atoms with Crippen molar-refractivity contribution in [3.63, 3.8) is 0 Å². The van der Waals surface area contributed by atoms with Gasteiger partial charge in [-0.3, -0.25) is 4.79 Å². The van der Waals surface area contributed by atoms with Crippen molar-refractivity contribution in [2.24, 2.45) is 11.8 Å². The largest absolute Gasteiger partial charge is 0.475 e. The number of carbonyl (C=O) groups excluding carboxylic acids is 1. The summed E-state index contributed by atoms with van der Waals surface area (Å²) < 4.78 is 5.93. The van der Waals surface area contributed by atoms with Gasteiger partial charge in [0, 0.05) is 30.1 Å². The van der Waals surface area contributed by atoms with Crippen molar-refractivity contribution < 1.29 is 9.53 Å². The minimum absolute atomic E-state index is 0.0328. The van der Waals surface area contributed by atoms with Gasteiger partial charge in [-0.2, -0.15) is 5.26 Å². The van der Waals surface area contributed by atoms with Crippen LogP contribution >= 0.6 is 0 Å². The van der Waals surface area contributed by atoms with Crippen LogP contribution in [-0.2, 0) is 0 Å². The number of carbonyl (C=O) groups is 1. The third-order valence-electron chi connectivity index (χ3n) is 6.39. The highest BCUT2D eigenvalue weighted by Crippen LogP contribution is 2.47. The Bertz CT molecular complexity index is 1170. The number of likely N-dealkylation sites (tertiary alicyclic amines) is 1. The van der Waals surface area contributed by atoms with Gasteiger partial charge < -0.3 is 9.64 Å². The molecule has 0 spiro atoms. The summed E-state index contributed by atoms with van der Waals surface area (Å²) in [4.78, 5) is 24.6. The normalized spacial score (nSPS) is 21.4. The molecule has 6 heteroatoms. The standard InChI is InChI=1S/C26H24N4O2/c1-17-7-9-23(19-5-3-2-4-6-19)25(29-17)26(31)30-15-21-11-20(21)12-22(30)16-32-24-10-8-18(13-27)14-28-24/h2-10,14,20-22H,11-12,15-16H2,1H3/t20?,21-,22-/m0/s1. The predicted octanol–water partition coefficient (Wildman–Crippen LogP) is 4.25. The number of pyridine rings is 2. The molecule has 3 heterocycles. The van der Waals surface area contributed by atoms with Crippen molar-refractivity contribution in [2.75, 3.05) is 13.2 Å². The van der Waals surface area contributed by atoms with E-state index in [-0.39, 0.29) is 11.9 Å². The van der Waals surface area contributed by atoms with Gasteiger partial charge in [-0.05, 0) is 49.3 Å². The summed E-state index contributed by atoms with van der Waals surface area (Å²) >= 11 is 0. The van der Waals surface area contributed by atoms with Crippen LogP contribution in [-0.4, -0.2) is 40.0 Å². The first kappa shape index (κ1) is 20.2. The average Bonchev–Trinajstić information content (AvgIpc) is 3.61. The van der Waals surface area contributed by atoms with Crippen molar-refractivity contribution in [1.29, 1.82) is 5.26 Å². The van der Waals surface area contributed by atoms with E-state index < -0.39 is 0 Å². The third-order valence-corrected chi connectivity index (χ3v) is 6.39. The maximum Gasteiger partial charge on any atom is 0.273 e. The molecule has 2 fully saturated rings.